The van der Waals surface area contributed by atoms with E-state index >= 15 is 0 Å². The predicted octanol–water partition coefficient (Wildman–Crippen LogP) is 1.91. The second-order valence-corrected chi connectivity index (χ2v) is 5.19. The van der Waals surface area contributed by atoms with Gasteiger partial charge >= 0.3 is 0 Å². The largest absolute Gasteiger partial charge is 0.491 e. The van der Waals surface area contributed by atoms with Gasteiger partial charge in [-0.15, -0.1) is 0 Å². The van der Waals surface area contributed by atoms with Gasteiger partial charge in [0.15, 0.2) is 11.6 Å². The molecule has 0 fully saturated rings. The summed E-state index contributed by atoms with van der Waals surface area (Å²) in [6.07, 6.45) is 0.679. The quantitative estimate of drug-likeness (QED) is 0.851. The molecule has 4 nitrogen and oxygen atoms in total. The smallest absolute Gasteiger partial charge is 0.240 e. The Morgan fingerprint density at radius 1 is 1.35 bits per heavy atom. The van der Waals surface area contributed by atoms with Crippen molar-refractivity contribution in [1.29, 1.82) is 0 Å². The predicted molar refractivity (Wildman–Crippen MR) is 63.0 cm³/mol. The average Bonchev–Trinajstić information content (AvgIpc) is 2.29. The van der Waals surface area contributed by atoms with Crippen LogP contribution in [-0.2, 0) is 10.0 Å². The van der Waals surface area contributed by atoms with Crippen LogP contribution in [0.15, 0.2) is 23.1 Å². The number of sulfonamides is 1. The van der Waals surface area contributed by atoms with Crippen LogP contribution in [0.1, 0.15) is 20.3 Å². The molecule has 1 rings (SSSR count). The maximum absolute atomic E-state index is 13.5. The van der Waals surface area contributed by atoms with E-state index in [2.05, 4.69) is 4.72 Å². The molecule has 17 heavy (non-hydrogen) atoms. The topological polar surface area (TPSA) is 55.4 Å². The van der Waals surface area contributed by atoms with E-state index in [-0.39, 0.29) is 10.6 Å². The van der Waals surface area contributed by atoms with Crippen LogP contribution < -0.4 is 9.46 Å². The fourth-order valence-corrected chi connectivity index (χ4v) is 2.39. The second-order valence-electron chi connectivity index (χ2n) is 3.42. The average molecular weight is 261 g/mol. The molecule has 1 aromatic carbocycles. The first-order chi connectivity index (χ1) is 8.01. The molecule has 0 aliphatic rings. The number of hydrogen-bond donors (Lipinski definition) is 1. The van der Waals surface area contributed by atoms with E-state index < -0.39 is 15.8 Å². The van der Waals surface area contributed by atoms with E-state index in [1.807, 2.05) is 6.92 Å². The number of rotatable bonds is 6. The summed E-state index contributed by atoms with van der Waals surface area (Å²) in [7, 11) is -3.62. The minimum Gasteiger partial charge on any atom is -0.491 e. The van der Waals surface area contributed by atoms with Crippen molar-refractivity contribution in [3.63, 3.8) is 0 Å². The van der Waals surface area contributed by atoms with Crippen molar-refractivity contribution in [3.05, 3.63) is 24.0 Å². The van der Waals surface area contributed by atoms with E-state index in [0.29, 0.717) is 19.6 Å². The second kappa shape index (κ2) is 5.97. The zero-order chi connectivity index (χ0) is 12.9. The Labute approximate surface area is 101 Å². The zero-order valence-electron chi connectivity index (χ0n) is 9.86. The third-order valence-corrected chi connectivity index (χ3v) is 3.51. The molecule has 1 aromatic rings. The lowest BCUT2D eigenvalue weighted by molar-refractivity contribution is 0.321. The molecule has 0 radical (unpaired) electrons. The summed E-state index contributed by atoms with van der Waals surface area (Å²) >= 11 is 0. The minimum atomic E-state index is -3.62. The van der Waals surface area contributed by atoms with E-state index in [9.17, 15) is 12.8 Å². The maximum atomic E-state index is 13.5. The fourth-order valence-electron chi connectivity index (χ4n) is 1.24. The molecule has 0 atom stereocenters. The molecule has 0 saturated carbocycles. The van der Waals surface area contributed by atoms with Crippen molar-refractivity contribution in [2.45, 2.75) is 25.2 Å². The fraction of sp³-hybridized carbons (Fsp3) is 0.455. The van der Waals surface area contributed by atoms with Crippen LogP contribution in [0.4, 0.5) is 4.39 Å². The lowest BCUT2D eigenvalue weighted by Crippen LogP contribution is -2.24. The van der Waals surface area contributed by atoms with Gasteiger partial charge in [-0.2, -0.15) is 0 Å². The molecule has 96 valence electrons. The SMILES string of the molecule is CCCNS(=O)(=O)c1ccc(OCC)c(F)c1. The number of nitrogens with one attached hydrogen (secondary N) is 1. The zero-order valence-corrected chi connectivity index (χ0v) is 10.7. The number of ether oxygens (including phenoxy) is 1. The Balaban J connectivity index is 2.96. The van der Waals surface area contributed by atoms with Crippen molar-refractivity contribution in [2.75, 3.05) is 13.2 Å². The Kier molecular flexibility index (Phi) is 4.89. The van der Waals surface area contributed by atoms with Gasteiger partial charge in [-0.05, 0) is 31.5 Å². The summed E-state index contributed by atoms with van der Waals surface area (Å²) in [5, 5.41) is 0. The molecule has 0 aliphatic carbocycles. The molecular formula is C11H16FNO3S. The molecule has 0 bridgehead atoms. The highest BCUT2D eigenvalue weighted by Crippen LogP contribution is 2.20. The molecule has 0 spiro atoms. The third-order valence-electron chi connectivity index (χ3n) is 2.06. The van der Waals surface area contributed by atoms with Crippen molar-refractivity contribution in [1.82, 2.24) is 4.72 Å². The van der Waals surface area contributed by atoms with Crippen molar-refractivity contribution < 1.29 is 17.5 Å². The Bertz CT molecular complexity index is 474. The molecular weight excluding hydrogens is 245 g/mol. The van der Waals surface area contributed by atoms with E-state index in [1.54, 1.807) is 6.92 Å². The first kappa shape index (κ1) is 13.9. The van der Waals surface area contributed by atoms with Gasteiger partial charge in [0.2, 0.25) is 10.0 Å². The highest BCUT2D eigenvalue weighted by molar-refractivity contribution is 7.89. The Hall–Kier alpha value is -1.14. The van der Waals surface area contributed by atoms with Gasteiger partial charge in [0, 0.05) is 6.54 Å². The minimum absolute atomic E-state index is 0.0574. The van der Waals surface area contributed by atoms with Crippen LogP contribution in [0.25, 0.3) is 0 Å². The van der Waals surface area contributed by atoms with Gasteiger partial charge in [-0.3, -0.25) is 0 Å². The van der Waals surface area contributed by atoms with Gasteiger partial charge in [0.05, 0.1) is 11.5 Å². The third kappa shape index (κ3) is 3.67. The van der Waals surface area contributed by atoms with Crippen LogP contribution in [-0.4, -0.2) is 21.6 Å². The molecule has 1 N–H and O–H groups in total. The van der Waals surface area contributed by atoms with Gasteiger partial charge in [-0.25, -0.2) is 17.5 Å². The molecule has 0 amide bonds. The highest BCUT2D eigenvalue weighted by Gasteiger charge is 2.15. The van der Waals surface area contributed by atoms with Gasteiger partial charge in [0.1, 0.15) is 0 Å². The normalized spacial score (nSPS) is 11.5. The van der Waals surface area contributed by atoms with Gasteiger partial charge < -0.3 is 4.74 Å². The van der Waals surface area contributed by atoms with Crippen LogP contribution in [0.5, 0.6) is 5.75 Å². The summed E-state index contributed by atoms with van der Waals surface area (Å²) in [5.41, 5.74) is 0. The van der Waals surface area contributed by atoms with Crippen molar-refractivity contribution in [2.24, 2.45) is 0 Å². The first-order valence-electron chi connectivity index (χ1n) is 5.43. The van der Waals surface area contributed by atoms with Crippen molar-refractivity contribution in [3.8, 4) is 5.75 Å². The van der Waals surface area contributed by atoms with Gasteiger partial charge in [0.25, 0.3) is 0 Å². The first-order valence-corrected chi connectivity index (χ1v) is 6.91. The summed E-state index contributed by atoms with van der Waals surface area (Å²) < 4.78 is 44.2. The molecule has 0 unspecified atom stereocenters. The Morgan fingerprint density at radius 2 is 2.06 bits per heavy atom. The summed E-state index contributed by atoms with van der Waals surface area (Å²) in [6, 6.07) is 3.61. The van der Waals surface area contributed by atoms with E-state index in [1.165, 1.54) is 12.1 Å². The maximum Gasteiger partial charge on any atom is 0.240 e. The number of halogens is 1. The molecule has 0 aromatic heterocycles. The molecule has 0 aliphatic heterocycles. The van der Waals surface area contributed by atoms with Crippen LogP contribution in [0.3, 0.4) is 0 Å². The summed E-state index contributed by atoms with van der Waals surface area (Å²) in [5.74, 6) is -0.617. The number of hydrogen-bond acceptors (Lipinski definition) is 3. The van der Waals surface area contributed by atoms with Crippen molar-refractivity contribution >= 4 is 10.0 Å². The van der Waals surface area contributed by atoms with E-state index in [0.717, 1.165) is 6.07 Å². The summed E-state index contributed by atoms with van der Waals surface area (Å²) in [6.45, 7) is 4.24. The lowest BCUT2D eigenvalue weighted by atomic mass is 10.3. The monoisotopic (exact) mass is 261 g/mol. The van der Waals surface area contributed by atoms with Gasteiger partial charge in [-0.1, -0.05) is 6.92 Å². The molecule has 0 heterocycles. The van der Waals surface area contributed by atoms with Crippen LogP contribution in [0, 0.1) is 5.82 Å². The summed E-state index contributed by atoms with van der Waals surface area (Å²) in [4.78, 5) is -0.0908. The highest BCUT2D eigenvalue weighted by atomic mass is 32.2. The number of benzene rings is 1. The lowest BCUT2D eigenvalue weighted by Gasteiger charge is -2.08. The van der Waals surface area contributed by atoms with E-state index in [4.69, 9.17) is 4.74 Å². The molecule has 0 saturated heterocycles. The van der Waals surface area contributed by atoms with Crippen LogP contribution >= 0.6 is 0 Å². The Morgan fingerprint density at radius 3 is 2.59 bits per heavy atom. The molecule has 6 heteroatoms. The standard InChI is InChI=1S/C11H16FNO3S/c1-3-7-13-17(14,15)9-5-6-11(16-4-2)10(12)8-9/h5-6,8,13H,3-4,7H2,1-2H3. The van der Waals surface area contributed by atoms with Crippen LogP contribution in [0.2, 0.25) is 0 Å².